The predicted octanol–water partition coefficient (Wildman–Crippen LogP) is 1.46. The molecule has 0 amide bonds. The molecule has 15 heavy (non-hydrogen) atoms. The summed E-state index contributed by atoms with van der Waals surface area (Å²) >= 11 is 0. The van der Waals surface area contributed by atoms with Gasteiger partial charge in [-0.25, -0.2) is 0 Å². The number of para-hydroxylation sites is 1. The van der Waals surface area contributed by atoms with Crippen molar-refractivity contribution in [2.24, 2.45) is 0 Å². The molecule has 82 valence electrons. The molecule has 0 radical (unpaired) electrons. The van der Waals surface area contributed by atoms with E-state index in [9.17, 15) is 0 Å². The zero-order valence-corrected chi connectivity index (χ0v) is 9.53. The molecule has 0 saturated heterocycles. The lowest BCUT2D eigenvalue weighted by molar-refractivity contribution is 0.224. The van der Waals surface area contributed by atoms with Crippen LogP contribution in [0, 0.1) is 0 Å². The maximum atomic E-state index is 5.51. The van der Waals surface area contributed by atoms with Gasteiger partial charge in [0.1, 0.15) is 5.75 Å². The standard InChI is InChI=1S/C11H17BO3/c1-4-14-12(15-5-2)10-8-6-7-9-11(10)13-3/h6-9H,4-5H2,1-3H3. The zero-order chi connectivity index (χ0) is 11.1. The highest BCUT2D eigenvalue weighted by Gasteiger charge is 2.23. The molecule has 0 aliphatic carbocycles. The van der Waals surface area contributed by atoms with Gasteiger partial charge in [0.15, 0.2) is 0 Å². The van der Waals surface area contributed by atoms with Crippen LogP contribution in [0.25, 0.3) is 0 Å². The lowest BCUT2D eigenvalue weighted by Gasteiger charge is -2.15. The highest BCUT2D eigenvalue weighted by Crippen LogP contribution is 2.08. The van der Waals surface area contributed by atoms with Crippen LogP contribution < -0.4 is 10.2 Å². The summed E-state index contributed by atoms with van der Waals surface area (Å²) in [5, 5.41) is 0. The summed E-state index contributed by atoms with van der Waals surface area (Å²) in [6, 6.07) is 7.73. The Kier molecular flexibility index (Phi) is 5.22. The van der Waals surface area contributed by atoms with Crippen LogP contribution >= 0.6 is 0 Å². The summed E-state index contributed by atoms with van der Waals surface area (Å²) in [6.45, 7) is 5.12. The van der Waals surface area contributed by atoms with Crippen molar-refractivity contribution >= 4 is 12.6 Å². The topological polar surface area (TPSA) is 27.7 Å². The molecule has 1 rings (SSSR count). The van der Waals surface area contributed by atoms with Crippen molar-refractivity contribution in [3.63, 3.8) is 0 Å². The Morgan fingerprint density at radius 1 is 1.07 bits per heavy atom. The Labute approximate surface area is 91.5 Å². The third-order valence-electron chi connectivity index (χ3n) is 2.03. The largest absolute Gasteiger partial charge is 0.497 e. The maximum absolute atomic E-state index is 5.51. The van der Waals surface area contributed by atoms with Gasteiger partial charge >= 0.3 is 7.12 Å². The summed E-state index contributed by atoms with van der Waals surface area (Å²) in [5.74, 6) is 0.796. The smallest absolute Gasteiger partial charge is 0.497 e. The minimum Gasteiger partial charge on any atom is -0.497 e. The lowest BCUT2D eigenvalue weighted by atomic mass is 9.78. The maximum Gasteiger partial charge on any atom is 0.497 e. The lowest BCUT2D eigenvalue weighted by Crippen LogP contribution is -2.37. The fourth-order valence-electron chi connectivity index (χ4n) is 1.39. The molecule has 1 aromatic carbocycles. The number of benzene rings is 1. The number of hydrogen-bond acceptors (Lipinski definition) is 3. The van der Waals surface area contributed by atoms with Crippen LogP contribution in [0.4, 0.5) is 0 Å². The van der Waals surface area contributed by atoms with Crippen LogP contribution in [0.15, 0.2) is 24.3 Å². The predicted molar refractivity (Wildman–Crippen MR) is 61.6 cm³/mol. The van der Waals surface area contributed by atoms with E-state index in [0.717, 1.165) is 11.2 Å². The molecular formula is C11H17BO3. The Morgan fingerprint density at radius 2 is 1.67 bits per heavy atom. The number of hydrogen-bond donors (Lipinski definition) is 0. The van der Waals surface area contributed by atoms with Gasteiger partial charge in [0.2, 0.25) is 0 Å². The van der Waals surface area contributed by atoms with Gasteiger partial charge < -0.3 is 14.0 Å². The molecule has 0 aliphatic rings. The van der Waals surface area contributed by atoms with Gasteiger partial charge in [-0.3, -0.25) is 0 Å². The first-order valence-electron chi connectivity index (χ1n) is 5.19. The summed E-state index contributed by atoms with van der Waals surface area (Å²) in [5.41, 5.74) is 0.934. The normalized spacial score (nSPS) is 10.1. The Balaban J connectivity index is 2.88. The van der Waals surface area contributed by atoms with E-state index < -0.39 is 0 Å². The van der Waals surface area contributed by atoms with Crippen molar-refractivity contribution in [1.82, 2.24) is 0 Å². The van der Waals surface area contributed by atoms with Crippen molar-refractivity contribution in [3.05, 3.63) is 24.3 Å². The fourth-order valence-corrected chi connectivity index (χ4v) is 1.39. The first-order chi connectivity index (χ1) is 7.33. The van der Waals surface area contributed by atoms with E-state index in [2.05, 4.69) is 0 Å². The molecule has 0 aliphatic heterocycles. The molecule has 0 saturated carbocycles. The summed E-state index contributed by atoms with van der Waals surface area (Å²) in [6.07, 6.45) is 0. The molecule has 4 heteroatoms. The van der Waals surface area contributed by atoms with Gasteiger partial charge in [-0.05, 0) is 19.9 Å². The molecule has 3 nitrogen and oxygen atoms in total. The summed E-state index contributed by atoms with van der Waals surface area (Å²) in [7, 11) is 1.31. The van der Waals surface area contributed by atoms with Crippen molar-refractivity contribution in [2.45, 2.75) is 13.8 Å². The van der Waals surface area contributed by atoms with Crippen molar-refractivity contribution < 1.29 is 14.0 Å². The van der Waals surface area contributed by atoms with E-state index in [1.54, 1.807) is 7.11 Å². The number of ether oxygens (including phenoxy) is 1. The van der Waals surface area contributed by atoms with E-state index in [1.807, 2.05) is 38.1 Å². The molecular weight excluding hydrogens is 191 g/mol. The number of rotatable bonds is 6. The third kappa shape index (κ3) is 3.25. The fraction of sp³-hybridized carbons (Fsp3) is 0.455. The van der Waals surface area contributed by atoms with E-state index in [0.29, 0.717) is 13.2 Å². The SMILES string of the molecule is CCOB(OCC)c1ccccc1OC. The molecule has 0 atom stereocenters. The van der Waals surface area contributed by atoms with Crippen LogP contribution in [0.3, 0.4) is 0 Å². The zero-order valence-electron chi connectivity index (χ0n) is 9.53. The van der Waals surface area contributed by atoms with Crippen LogP contribution in [0.2, 0.25) is 0 Å². The second-order valence-corrected chi connectivity index (χ2v) is 2.98. The molecule has 0 spiro atoms. The van der Waals surface area contributed by atoms with Crippen LogP contribution in [-0.4, -0.2) is 27.4 Å². The monoisotopic (exact) mass is 208 g/mol. The number of methoxy groups -OCH3 is 1. The van der Waals surface area contributed by atoms with Gasteiger partial charge in [0.05, 0.1) is 7.11 Å². The highest BCUT2D eigenvalue weighted by molar-refractivity contribution is 6.62. The van der Waals surface area contributed by atoms with E-state index in [1.165, 1.54) is 0 Å². The Morgan fingerprint density at radius 3 is 2.20 bits per heavy atom. The van der Waals surface area contributed by atoms with Crippen LogP contribution in [-0.2, 0) is 9.31 Å². The summed E-state index contributed by atoms with van der Waals surface area (Å²) in [4.78, 5) is 0. The van der Waals surface area contributed by atoms with Crippen molar-refractivity contribution in [1.29, 1.82) is 0 Å². The average molecular weight is 208 g/mol. The van der Waals surface area contributed by atoms with Crippen LogP contribution in [0.5, 0.6) is 5.75 Å². The minimum absolute atomic E-state index is 0.337. The molecule has 0 heterocycles. The molecule has 1 aromatic rings. The Bertz CT molecular complexity index is 285. The molecule has 0 bridgehead atoms. The van der Waals surface area contributed by atoms with Gasteiger partial charge in [-0.2, -0.15) is 0 Å². The second kappa shape index (κ2) is 6.48. The quantitative estimate of drug-likeness (QED) is 0.662. The third-order valence-corrected chi connectivity index (χ3v) is 2.03. The second-order valence-electron chi connectivity index (χ2n) is 2.98. The first kappa shape index (κ1) is 12.1. The molecule has 0 fully saturated rings. The van der Waals surface area contributed by atoms with E-state index >= 15 is 0 Å². The summed E-state index contributed by atoms with van der Waals surface area (Å²) < 4.78 is 16.3. The van der Waals surface area contributed by atoms with Crippen LogP contribution in [0.1, 0.15) is 13.8 Å². The van der Waals surface area contributed by atoms with Crippen molar-refractivity contribution in [3.8, 4) is 5.75 Å². The van der Waals surface area contributed by atoms with Gasteiger partial charge in [0.25, 0.3) is 0 Å². The minimum atomic E-state index is -0.337. The first-order valence-corrected chi connectivity index (χ1v) is 5.19. The van der Waals surface area contributed by atoms with Gasteiger partial charge in [-0.15, -0.1) is 0 Å². The van der Waals surface area contributed by atoms with Crippen molar-refractivity contribution in [2.75, 3.05) is 20.3 Å². The van der Waals surface area contributed by atoms with Gasteiger partial charge in [-0.1, -0.05) is 18.2 Å². The van der Waals surface area contributed by atoms with Gasteiger partial charge in [0, 0.05) is 18.7 Å². The van der Waals surface area contributed by atoms with E-state index in [4.69, 9.17) is 14.0 Å². The Hall–Kier alpha value is -0.995. The molecule has 0 N–H and O–H groups in total. The average Bonchev–Trinajstić information content (AvgIpc) is 2.29. The molecule has 0 aromatic heterocycles. The van der Waals surface area contributed by atoms with E-state index in [-0.39, 0.29) is 7.12 Å². The molecule has 0 unspecified atom stereocenters. The highest BCUT2D eigenvalue weighted by atomic mass is 16.6.